The highest BCUT2D eigenvalue weighted by molar-refractivity contribution is 7.93. The molecular weight excluding hydrogens is 404 g/mol. The van der Waals surface area contributed by atoms with Crippen molar-refractivity contribution in [3.05, 3.63) is 39.1 Å². The summed E-state index contributed by atoms with van der Waals surface area (Å²) in [7, 11) is -4.10. The maximum absolute atomic E-state index is 12.8. The molecule has 0 spiro atoms. The van der Waals surface area contributed by atoms with Crippen molar-refractivity contribution in [1.82, 2.24) is 9.73 Å². The summed E-state index contributed by atoms with van der Waals surface area (Å²) in [6, 6.07) is 1.50. The Balaban J connectivity index is 1.56. The van der Waals surface area contributed by atoms with E-state index in [9.17, 15) is 13.2 Å². The molecule has 1 aromatic carbocycles. The molecule has 0 bridgehead atoms. The van der Waals surface area contributed by atoms with E-state index < -0.39 is 16.1 Å². The third kappa shape index (κ3) is 3.78. The number of aryl methyl sites for hydroxylation is 2. The van der Waals surface area contributed by atoms with Gasteiger partial charge < -0.3 is 10.1 Å². The Bertz CT molecular complexity index is 1000. The number of benzene rings is 1. The van der Waals surface area contributed by atoms with E-state index >= 15 is 0 Å². The average molecular weight is 433 g/mol. The van der Waals surface area contributed by atoms with Crippen molar-refractivity contribution in [3.8, 4) is 0 Å². The Morgan fingerprint density at radius 3 is 2.43 bits per heavy atom. The van der Waals surface area contributed by atoms with Crippen molar-refractivity contribution >= 4 is 28.5 Å². The number of ether oxygens (including phenoxy) is 1. The number of hydrogen-bond donors (Lipinski definition) is 2. The number of sulfonamides is 1. The monoisotopic (exact) mass is 432 g/mol. The van der Waals surface area contributed by atoms with Crippen LogP contribution in [0.1, 0.15) is 48.9 Å². The molecule has 1 aromatic rings. The normalized spacial score (nSPS) is 22.1. The molecule has 2 amide bonds. The SMILES string of the molecule is C=NN1C[C@@H](C)CO/C1=C(/C)S(=O)(=O)NC(=O)Nc1c2c(cc3c1CCC3)CCC2. The van der Waals surface area contributed by atoms with Crippen LogP contribution in [-0.2, 0) is 40.4 Å². The van der Waals surface area contributed by atoms with E-state index in [0.717, 1.165) is 55.3 Å². The summed E-state index contributed by atoms with van der Waals surface area (Å²) in [6.45, 7) is 7.74. The molecule has 1 atom stereocenters. The van der Waals surface area contributed by atoms with Crippen molar-refractivity contribution in [3.63, 3.8) is 0 Å². The molecule has 9 heteroatoms. The third-order valence-electron chi connectivity index (χ3n) is 6.04. The van der Waals surface area contributed by atoms with Crippen LogP contribution in [0.3, 0.4) is 0 Å². The number of fused-ring (bicyclic) bond motifs is 2. The van der Waals surface area contributed by atoms with Crippen LogP contribution in [0.5, 0.6) is 0 Å². The molecular formula is C21H28N4O4S. The first-order valence-electron chi connectivity index (χ1n) is 10.4. The Hall–Kier alpha value is -2.55. The molecule has 0 saturated carbocycles. The first-order chi connectivity index (χ1) is 14.3. The van der Waals surface area contributed by atoms with E-state index in [4.69, 9.17) is 4.74 Å². The Morgan fingerprint density at radius 2 is 1.83 bits per heavy atom. The first kappa shape index (κ1) is 20.7. The van der Waals surface area contributed by atoms with Crippen LogP contribution >= 0.6 is 0 Å². The largest absolute Gasteiger partial charge is 0.477 e. The quantitative estimate of drug-likeness (QED) is 0.713. The van der Waals surface area contributed by atoms with Gasteiger partial charge in [0.2, 0.25) is 5.88 Å². The molecule has 1 aliphatic heterocycles. The van der Waals surface area contributed by atoms with Gasteiger partial charge in [0.05, 0.1) is 13.2 Å². The molecule has 2 aliphatic carbocycles. The van der Waals surface area contributed by atoms with Gasteiger partial charge in [-0.3, -0.25) is 0 Å². The van der Waals surface area contributed by atoms with E-state index in [1.165, 1.54) is 23.1 Å². The molecule has 4 rings (SSSR count). The second-order valence-corrected chi connectivity index (χ2v) is 10.1. The van der Waals surface area contributed by atoms with Gasteiger partial charge in [0.15, 0.2) is 0 Å². The minimum absolute atomic E-state index is 0.0968. The molecule has 162 valence electrons. The van der Waals surface area contributed by atoms with Crippen LogP contribution in [0.15, 0.2) is 22.0 Å². The number of allylic oxidation sites excluding steroid dienone is 1. The summed E-state index contributed by atoms with van der Waals surface area (Å²) in [6.07, 6.45) is 5.92. The second-order valence-electron chi connectivity index (χ2n) is 8.29. The Kier molecular flexibility index (Phi) is 5.48. The molecule has 0 aromatic heterocycles. The molecule has 0 radical (unpaired) electrons. The van der Waals surface area contributed by atoms with E-state index in [2.05, 4.69) is 27.9 Å². The Labute approximate surface area is 177 Å². The van der Waals surface area contributed by atoms with Crippen LogP contribution in [0, 0.1) is 5.92 Å². The summed E-state index contributed by atoms with van der Waals surface area (Å²) in [5.41, 5.74) is 5.62. The smallest absolute Gasteiger partial charge is 0.333 e. The number of anilines is 1. The van der Waals surface area contributed by atoms with Crippen molar-refractivity contribution in [2.75, 3.05) is 18.5 Å². The highest BCUT2D eigenvalue weighted by Crippen LogP contribution is 2.38. The summed E-state index contributed by atoms with van der Waals surface area (Å²) < 4.78 is 33.4. The van der Waals surface area contributed by atoms with Gasteiger partial charge in [-0.15, -0.1) is 0 Å². The van der Waals surface area contributed by atoms with Crippen LogP contribution in [0.4, 0.5) is 10.5 Å². The van der Waals surface area contributed by atoms with Gasteiger partial charge in [0.25, 0.3) is 10.0 Å². The van der Waals surface area contributed by atoms with Gasteiger partial charge in [-0.2, -0.15) is 5.10 Å². The van der Waals surface area contributed by atoms with Crippen LogP contribution in [-0.4, -0.2) is 39.3 Å². The average Bonchev–Trinajstić information content (AvgIpc) is 3.35. The van der Waals surface area contributed by atoms with Crippen LogP contribution < -0.4 is 10.0 Å². The lowest BCUT2D eigenvalue weighted by atomic mass is 9.99. The van der Waals surface area contributed by atoms with Gasteiger partial charge in [-0.05, 0) is 67.7 Å². The lowest BCUT2D eigenvalue weighted by molar-refractivity contribution is 0.0308. The van der Waals surface area contributed by atoms with Gasteiger partial charge in [-0.1, -0.05) is 13.0 Å². The number of hydrogen-bond acceptors (Lipinski definition) is 6. The molecule has 30 heavy (non-hydrogen) atoms. The van der Waals surface area contributed by atoms with Crippen molar-refractivity contribution < 1.29 is 17.9 Å². The van der Waals surface area contributed by atoms with Gasteiger partial charge in [-0.25, -0.2) is 22.9 Å². The second kappa shape index (κ2) is 7.94. The first-order valence-corrected chi connectivity index (χ1v) is 11.9. The van der Waals surface area contributed by atoms with Gasteiger partial charge in [0.1, 0.15) is 4.91 Å². The van der Waals surface area contributed by atoms with E-state index in [1.807, 2.05) is 6.92 Å². The van der Waals surface area contributed by atoms with Crippen molar-refractivity contribution in [2.24, 2.45) is 11.0 Å². The minimum Gasteiger partial charge on any atom is -0.477 e. The van der Waals surface area contributed by atoms with Crippen LogP contribution in [0.2, 0.25) is 0 Å². The standard InChI is InChI=1S/C21H28N4O4S/c1-13-11-25(22-3)20(29-12-13)14(2)30(27,28)24-21(26)23-19-17-8-4-6-15(17)10-16-7-5-9-18(16)19/h10,13H,3-9,11-12H2,1-2H3,(H2,23,24,26)/b20-14-/t13-/m1/s1. The zero-order chi connectivity index (χ0) is 21.5. The number of carbonyl (C=O) groups is 1. The molecule has 2 N–H and O–H groups in total. The zero-order valence-electron chi connectivity index (χ0n) is 17.5. The topological polar surface area (TPSA) is 100 Å². The molecule has 1 heterocycles. The number of urea groups is 1. The minimum atomic E-state index is -4.10. The highest BCUT2D eigenvalue weighted by Gasteiger charge is 2.30. The van der Waals surface area contributed by atoms with E-state index in [0.29, 0.717) is 13.2 Å². The maximum atomic E-state index is 12.8. The lowest BCUT2D eigenvalue weighted by Gasteiger charge is -2.31. The lowest BCUT2D eigenvalue weighted by Crippen LogP contribution is -2.39. The zero-order valence-corrected chi connectivity index (χ0v) is 18.3. The summed E-state index contributed by atoms with van der Waals surface area (Å²) in [5.74, 6) is 0.290. The fourth-order valence-corrected chi connectivity index (χ4v) is 5.39. The number of rotatable bonds is 4. The number of amides is 2. The fourth-order valence-electron chi connectivity index (χ4n) is 4.55. The third-order valence-corrected chi connectivity index (χ3v) is 7.47. The number of carbonyl (C=O) groups excluding carboxylic acids is 1. The van der Waals surface area contributed by atoms with Crippen LogP contribution in [0.25, 0.3) is 0 Å². The fraction of sp³-hybridized carbons (Fsp3) is 0.524. The number of hydrazone groups is 1. The van der Waals surface area contributed by atoms with Gasteiger partial charge >= 0.3 is 6.03 Å². The molecule has 1 fully saturated rings. The maximum Gasteiger partial charge on any atom is 0.333 e. The molecule has 3 aliphatic rings. The van der Waals surface area contributed by atoms with Gasteiger partial charge in [0, 0.05) is 18.3 Å². The predicted molar refractivity (Wildman–Crippen MR) is 116 cm³/mol. The Morgan fingerprint density at radius 1 is 1.20 bits per heavy atom. The van der Waals surface area contributed by atoms with E-state index in [1.54, 1.807) is 0 Å². The molecule has 1 saturated heterocycles. The predicted octanol–water partition coefficient (Wildman–Crippen LogP) is 2.89. The highest BCUT2D eigenvalue weighted by atomic mass is 32.2. The summed E-state index contributed by atoms with van der Waals surface area (Å²) in [4.78, 5) is 12.6. The number of nitrogens with one attached hydrogen (secondary N) is 2. The van der Waals surface area contributed by atoms with Crippen molar-refractivity contribution in [2.45, 2.75) is 52.4 Å². The summed E-state index contributed by atoms with van der Waals surface area (Å²) >= 11 is 0. The van der Waals surface area contributed by atoms with E-state index in [-0.39, 0.29) is 16.7 Å². The van der Waals surface area contributed by atoms with Crippen molar-refractivity contribution in [1.29, 1.82) is 0 Å². The number of nitrogens with zero attached hydrogens (tertiary/aromatic N) is 2. The molecule has 0 unspecified atom stereocenters. The molecule has 8 nitrogen and oxygen atoms in total. The summed E-state index contributed by atoms with van der Waals surface area (Å²) in [5, 5.41) is 8.11.